The zero-order valence-corrected chi connectivity index (χ0v) is 16.8. The average Bonchev–Trinajstić information content (AvgIpc) is 3.22. The van der Waals surface area contributed by atoms with Crippen LogP contribution in [0.4, 0.5) is 0 Å². The zero-order chi connectivity index (χ0) is 18.1. The summed E-state index contributed by atoms with van der Waals surface area (Å²) in [6, 6.07) is 11.2. The molecule has 0 bridgehead atoms. The Morgan fingerprint density at radius 3 is 2.44 bits per heavy atom. The van der Waals surface area contributed by atoms with Crippen LogP contribution in [0.15, 0.2) is 51.4 Å². The number of thiophene rings is 1. The molecule has 7 heteroatoms. The number of nitrogens with one attached hydrogen (secondary N) is 1. The van der Waals surface area contributed by atoms with Crippen LogP contribution < -0.4 is 4.72 Å². The number of thiazole rings is 1. The largest absolute Gasteiger partial charge is 0.250 e. The molecule has 2 heterocycles. The molecule has 1 aromatic carbocycles. The first kappa shape index (κ1) is 18.3. The standard InChI is InChI=1S/C18H20N2O2S3/c1-18(2,3)15-12-24-17(20-15)14-9-16(23-11-14)25(21,22)19-10-13-7-5-4-6-8-13/h4-9,11-12,19H,10H2,1-3H3. The third-order valence-electron chi connectivity index (χ3n) is 3.67. The maximum Gasteiger partial charge on any atom is 0.250 e. The van der Waals surface area contributed by atoms with Gasteiger partial charge in [0.05, 0.1) is 5.69 Å². The third kappa shape index (κ3) is 4.36. The second-order valence-electron chi connectivity index (χ2n) is 6.75. The normalized spacial score (nSPS) is 12.4. The van der Waals surface area contributed by atoms with Gasteiger partial charge >= 0.3 is 0 Å². The van der Waals surface area contributed by atoms with E-state index in [1.54, 1.807) is 17.4 Å². The highest BCUT2D eigenvalue weighted by molar-refractivity contribution is 7.91. The van der Waals surface area contributed by atoms with Gasteiger partial charge < -0.3 is 0 Å². The molecule has 0 aliphatic rings. The van der Waals surface area contributed by atoms with E-state index in [0.29, 0.717) is 4.21 Å². The first-order valence-electron chi connectivity index (χ1n) is 7.84. The molecule has 0 amide bonds. The van der Waals surface area contributed by atoms with Crippen molar-refractivity contribution in [2.24, 2.45) is 0 Å². The molecule has 0 radical (unpaired) electrons. The highest BCUT2D eigenvalue weighted by Crippen LogP contribution is 2.33. The number of hydrogen-bond acceptors (Lipinski definition) is 5. The Kier molecular flexibility index (Phi) is 5.11. The summed E-state index contributed by atoms with van der Waals surface area (Å²) in [5.41, 5.74) is 2.78. The van der Waals surface area contributed by atoms with E-state index in [0.717, 1.165) is 21.8 Å². The summed E-state index contributed by atoms with van der Waals surface area (Å²) in [7, 11) is -3.52. The minimum absolute atomic E-state index is 0.0169. The highest BCUT2D eigenvalue weighted by Gasteiger charge is 2.21. The lowest BCUT2D eigenvalue weighted by Crippen LogP contribution is -2.22. The van der Waals surface area contributed by atoms with E-state index in [-0.39, 0.29) is 12.0 Å². The van der Waals surface area contributed by atoms with Crippen LogP contribution in [0.5, 0.6) is 0 Å². The molecule has 132 valence electrons. The van der Waals surface area contributed by atoms with E-state index in [9.17, 15) is 8.42 Å². The molecule has 1 N–H and O–H groups in total. The summed E-state index contributed by atoms with van der Waals surface area (Å²) in [5, 5.41) is 4.74. The predicted octanol–water partition coefficient (Wildman–Crippen LogP) is 4.65. The summed E-state index contributed by atoms with van der Waals surface area (Å²) in [6.45, 7) is 6.62. The summed E-state index contributed by atoms with van der Waals surface area (Å²) in [5.74, 6) is 0. The highest BCUT2D eigenvalue weighted by atomic mass is 32.2. The van der Waals surface area contributed by atoms with Crippen molar-refractivity contribution in [3.8, 4) is 10.6 Å². The minimum atomic E-state index is -3.52. The Morgan fingerprint density at radius 1 is 1.08 bits per heavy atom. The molecule has 3 aromatic rings. The van der Waals surface area contributed by atoms with Gasteiger partial charge in [0.1, 0.15) is 9.22 Å². The van der Waals surface area contributed by atoms with Gasteiger partial charge in [-0.15, -0.1) is 22.7 Å². The second kappa shape index (κ2) is 6.99. The minimum Gasteiger partial charge on any atom is -0.241 e. The van der Waals surface area contributed by atoms with Crippen LogP contribution in [0.1, 0.15) is 32.0 Å². The van der Waals surface area contributed by atoms with Crippen molar-refractivity contribution in [1.29, 1.82) is 0 Å². The average molecular weight is 393 g/mol. The molecule has 0 spiro atoms. The molecular formula is C18H20N2O2S3. The molecule has 25 heavy (non-hydrogen) atoms. The Balaban J connectivity index is 1.77. The molecule has 2 aromatic heterocycles. The molecule has 0 atom stereocenters. The number of nitrogens with zero attached hydrogens (tertiary/aromatic N) is 1. The third-order valence-corrected chi connectivity index (χ3v) is 7.40. The molecule has 0 unspecified atom stereocenters. The van der Waals surface area contributed by atoms with Crippen molar-refractivity contribution in [3.63, 3.8) is 0 Å². The molecule has 0 fully saturated rings. The van der Waals surface area contributed by atoms with Crippen molar-refractivity contribution in [2.75, 3.05) is 0 Å². The lowest BCUT2D eigenvalue weighted by atomic mass is 9.93. The maximum absolute atomic E-state index is 12.5. The Bertz CT molecular complexity index is 952. The predicted molar refractivity (Wildman–Crippen MR) is 105 cm³/mol. The van der Waals surface area contributed by atoms with Crippen LogP contribution in [0, 0.1) is 0 Å². The number of rotatable bonds is 5. The molecule has 0 aliphatic heterocycles. The number of aromatic nitrogens is 1. The molecular weight excluding hydrogens is 372 g/mol. The van der Waals surface area contributed by atoms with Crippen LogP contribution in [-0.4, -0.2) is 13.4 Å². The van der Waals surface area contributed by atoms with E-state index in [1.165, 1.54) is 11.3 Å². The Hall–Kier alpha value is -1.54. The van der Waals surface area contributed by atoms with Gasteiger partial charge in [-0.05, 0) is 11.6 Å². The van der Waals surface area contributed by atoms with E-state index in [1.807, 2.05) is 41.1 Å². The molecule has 3 rings (SSSR count). The first-order chi connectivity index (χ1) is 11.8. The van der Waals surface area contributed by atoms with E-state index >= 15 is 0 Å². The SMILES string of the molecule is CC(C)(C)c1csc(-c2csc(S(=O)(=O)NCc3ccccc3)c2)n1. The van der Waals surface area contributed by atoms with Crippen LogP contribution in [0.3, 0.4) is 0 Å². The fourth-order valence-electron chi connectivity index (χ4n) is 2.17. The fraction of sp³-hybridized carbons (Fsp3) is 0.278. The second-order valence-corrected chi connectivity index (χ2v) is 10.5. The van der Waals surface area contributed by atoms with Crippen molar-refractivity contribution < 1.29 is 8.42 Å². The maximum atomic E-state index is 12.5. The summed E-state index contributed by atoms with van der Waals surface area (Å²) in [6.07, 6.45) is 0. The van der Waals surface area contributed by atoms with Gasteiger partial charge in [0.25, 0.3) is 0 Å². The van der Waals surface area contributed by atoms with E-state index < -0.39 is 10.0 Å². The van der Waals surface area contributed by atoms with Gasteiger partial charge in [-0.2, -0.15) is 0 Å². The van der Waals surface area contributed by atoms with E-state index in [2.05, 4.69) is 30.5 Å². The van der Waals surface area contributed by atoms with Crippen molar-refractivity contribution in [2.45, 2.75) is 36.9 Å². The van der Waals surface area contributed by atoms with Gasteiger partial charge in [0.15, 0.2) is 0 Å². The number of benzene rings is 1. The summed E-state index contributed by atoms with van der Waals surface area (Å²) < 4.78 is 28.0. The molecule has 0 saturated carbocycles. The lowest BCUT2D eigenvalue weighted by Gasteiger charge is -2.14. The summed E-state index contributed by atoms with van der Waals surface area (Å²) >= 11 is 2.76. The van der Waals surface area contributed by atoms with E-state index in [4.69, 9.17) is 0 Å². The Labute approximate surface area is 156 Å². The first-order valence-corrected chi connectivity index (χ1v) is 11.1. The van der Waals surface area contributed by atoms with Crippen LogP contribution in [0.25, 0.3) is 10.6 Å². The molecule has 0 saturated heterocycles. The van der Waals surface area contributed by atoms with Gasteiger partial charge in [-0.25, -0.2) is 18.1 Å². The lowest BCUT2D eigenvalue weighted by molar-refractivity contribution is 0.573. The Morgan fingerprint density at radius 2 is 1.80 bits per heavy atom. The van der Waals surface area contributed by atoms with Crippen molar-refractivity contribution in [1.82, 2.24) is 9.71 Å². The van der Waals surface area contributed by atoms with Gasteiger partial charge in [-0.3, -0.25) is 0 Å². The van der Waals surface area contributed by atoms with Gasteiger partial charge in [-0.1, -0.05) is 51.1 Å². The summed E-state index contributed by atoms with van der Waals surface area (Å²) in [4.78, 5) is 4.65. The monoisotopic (exact) mass is 392 g/mol. The van der Waals surface area contributed by atoms with Crippen LogP contribution >= 0.6 is 22.7 Å². The fourth-order valence-corrected chi connectivity index (χ4v) is 5.50. The van der Waals surface area contributed by atoms with Crippen molar-refractivity contribution in [3.05, 3.63) is 58.4 Å². The van der Waals surface area contributed by atoms with Gasteiger partial charge in [0.2, 0.25) is 10.0 Å². The number of hydrogen-bond donors (Lipinski definition) is 1. The quantitative estimate of drug-likeness (QED) is 0.688. The van der Waals surface area contributed by atoms with Crippen LogP contribution in [-0.2, 0) is 22.0 Å². The van der Waals surface area contributed by atoms with Crippen molar-refractivity contribution >= 4 is 32.7 Å². The van der Waals surface area contributed by atoms with Crippen LogP contribution in [0.2, 0.25) is 0 Å². The van der Waals surface area contributed by atoms with Gasteiger partial charge in [0, 0.05) is 28.3 Å². The smallest absolute Gasteiger partial charge is 0.241 e. The number of sulfonamides is 1. The molecule has 4 nitrogen and oxygen atoms in total. The molecule has 0 aliphatic carbocycles. The zero-order valence-electron chi connectivity index (χ0n) is 14.3. The topological polar surface area (TPSA) is 59.1 Å².